The SMILES string of the molecule is Cc1ccc(-n2nc(C)c(C(=O)N[C@@H]3CCOc4ccccc43)n2)c(C)c1. The number of hydrogen-bond donors (Lipinski definition) is 1. The molecule has 0 unspecified atom stereocenters. The van der Waals surface area contributed by atoms with Gasteiger partial charge in [0.05, 0.1) is 24.0 Å². The molecular formula is C21H22N4O2. The Labute approximate surface area is 158 Å². The van der Waals surface area contributed by atoms with Gasteiger partial charge in [-0.2, -0.15) is 9.90 Å². The summed E-state index contributed by atoms with van der Waals surface area (Å²) >= 11 is 0. The van der Waals surface area contributed by atoms with Gasteiger partial charge in [-0.05, 0) is 38.5 Å². The second kappa shape index (κ2) is 6.87. The van der Waals surface area contributed by atoms with Crippen LogP contribution in [0.15, 0.2) is 42.5 Å². The van der Waals surface area contributed by atoms with Crippen LogP contribution in [-0.2, 0) is 0 Å². The molecule has 0 spiro atoms. The van der Waals surface area contributed by atoms with Gasteiger partial charge in [-0.15, -0.1) is 5.10 Å². The van der Waals surface area contributed by atoms with Crippen LogP contribution in [0.3, 0.4) is 0 Å². The number of fused-ring (bicyclic) bond motifs is 1. The van der Waals surface area contributed by atoms with Gasteiger partial charge in [-0.1, -0.05) is 35.9 Å². The maximum atomic E-state index is 12.9. The third-order valence-electron chi connectivity index (χ3n) is 4.83. The number of nitrogens with one attached hydrogen (secondary N) is 1. The highest BCUT2D eigenvalue weighted by molar-refractivity contribution is 5.93. The van der Waals surface area contributed by atoms with Crippen molar-refractivity contribution in [2.45, 2.75) is 33.2 Å². The van der Waals surface area contributed by atoms with Gasteiger partial charge in [0.25, 0.3) is 5.91 Å². The van der Waals surface area contributed by atoms with E-state index in [1.54, 1.807) is 6.92 Å². The maximum Gasteiger partial charge on any atom is 0.274 e. The lowest BCUT2D eigenvalue weighted by molar-refractivity contribution is 0.0918. The van der Waals surface area contributed by atoms with Gasteiger partial charge >= 0.3 is 0 Å². The molecule has 2 aromatic carbocycles. The number of hydrogen-bond acceptors (Lipinski definition) is 4. The first-order valence-electron chi connectivity index (χ1n) is 9.07. The molecule has 0 bridgehead atoms. The molecule has 6 nitrogen and oxygen atoms in total. The summed E-state index contributed by atoms with van der Waals surface area (Å²) in [7, 11) is 0. The summed E-state index contributed by atoms with van der Waals surface area (Å²) in [4.78, 5) is 14.4. The van der Waals surface area contributed by atoms with Crippen LogP contribution in [-0.4, -0.2) is 27.5 Å². The van der Waals surface area contributed by atoms with Gasteiger partial charge in [-0.3, -0.25) is 4.79 Å². The molecule has 0 saturated heterocycles. The Balaban J connectivity index is 1.59. The van der Waals surface area contributed by atoms with Crippen LogP contribution in [0.5, 0.6) is 5.75 Å². The molecule has 0 fully saturated rings. The molecule has 1 amide bonds. The van der Waals surface area contributed by atoms with Crippen LogP contribution in [0.25, 0.3) is 5.69 Å². The zero-order chi connectivity index (χ0) is 19.0. The van der Waals surface area contributed by atoms with E-state index in [1.165, 1.54) is 10.4 Å². The molecule has 2 heterocycles. The number of carbonyl (C=O) groups excluding carboxylic acids is 1. The number of aryl methyl sites for hydroxylation is 3. The van der Waals surface area contributed by atoms with Crippen molar-refractivity contribution in [1.82, 2.24) is 20.3 Å². The van der Waals surface area contributed by atoms with Crippen molar-refractivity contribution in [2.24, 2.45) is 0 Å². The van der Waals surface area contributed by atoms with E-state index in [4.69, 9.17) is 4.74 Å². The fourth-order valence-electron chi connectivity index (χ4n) is 3.44. The van der Waals surface area contributed by atoms with Gasteiger partial charge < -0.3 is 10.1 Å². The molecule has 138 valence electrons. The van der Waals surface area contributed by atoms with E-state index >= 15 is 0 Å². The Kier molecular flexibility index (Phi) is 4.39. The molecule has 3 aromatic rings. The minimum absolute atomic E-state index is 0.0897. The summed E-state index contributed by atoms with van der Waals surface area (Å²) in [6.07, 6.45) is 0.729. The smallest absolute Gasteiger partial charge is 0.274 e. The molecule has 1 aromatic heterocycles. The van der Waals surface area contributed by atoms with E-state index in [0.717, 1.165) is 29.0 Å². The molecule has 1 atom stereocenters. The van der Waals surface area contributed by atoms with E-state index in [2.05, 4.69) is 21.6 Å². The van der Waals surface area contributed by atoms with Gasteiger partial charge in [0.1, 0.15) is 5.75 Å². The fraction of sp³-hybridized carbons (Fsp3) is 0.286. The quantitative estimate of drug-likeness (QED) is 0.775. The molecule has 0 radical (unpaired) electrons. The lowest BCUT2D eigenvalue weighted by Crippen LogP contribution is -2.32. The van der Waals surface area contributed by atoms with Gasteiger partial charge in [-0.25, -0.2) is 0 Å². The van der Waals surface area contributed by atoms with E-state index in [0.29, 0.717) is 18.0 Å². The number of nitrogens with zero attached hydrogens (tertiary/aromatic N) is 3. The van der Waals surface area contributed by atoms with Crippen LogP contribution in [0.2, 0.25) is 0 Å². The highest BCUT2D eigenvalue weighted by Gasteiger charge is 2.25. The molecule has 1 N–H and O–H groups in total. The highest BCUT2D eigenvalue weighted by atomic mass is 16.5. The van der Waals surface area contributed by atoms with Crippen molar-refractivity contribution in [1.29, 1.82) is 0 Å². The van der Waals surface area contributed by atoms with Gasteiger partial charge in [0.15, 0.2) is 5.69 Å². The third-order valence-corrected chi connectivity index (χ3v) is 4.83. The molecule has 27 heavy (non-hydrogen) atoms. The largest absolute Gasteiger partial charge is 0.493 e. The lowest BCUT2D eigenvalue weighted by atomic mass is 10.0. The summed E-state index contributed by atoms with van der Waals surface area (Å²) in [5, 5.41) is 12.0. The lowest BCUT2D eigenvalue weighted by Gasteiger charge is -2.26. The number of ether oxygens (including phenoxy) is 1. The van der Waals surface area contributed by atoms with E-state index < -0.39 is 0 Å². The fourth-order valence-corrected chi connectivity index (χ4v) is 3.44. The molecule has 1 aliphatic heterocycles. The van der Waals surface area contributed by atoms with Crippen LogP contribution in [0.4, 0.5) is 0 Å². The monoisotopic (exact) mass is 362 g/mol. The second-order valence-corrected chi connectivity index (χ2v) is 6.91. The molecular weight excluding hydrogens is 340 g/mol. The zero-order valence-electron chi connectivity index (χ0n) is 15.7. The molecule has 1 aliphatic rings. The maximum absolute atomic E-state index is 12.9. The van der Waals surface area contributed by atoms with E-state index in [1.807, 2.05) is 50.2 Å². The average molecular weight is 362 g/mol. The normalized spacial score (nSPS) is 15.7. The standard InChI is InChI=1S/C21H22N4O2/c1-13-8-9-18(14(2)12-13)25-23-15(3)20(24-25)21(26)22-17-10-11-27-19-7-5-4-6-16(17)19/h4-9,12,17H,10-11H2,1-3H3,(H,22,26)/t17-/m1/s1. The van der Waals surface area contributed by atoms with Gasteiger partial charge in [0.2, 0.25) is 0 Å². The van der Waals surface area contributed by atoms with Crippen molar-refractivity contribution < 1.29 is 9.53 Å². The van der Waals surface area contributed by atoms with E-state index in [-0.39, 0.29) is 11.9 Å². The number of carbonyl (C=O) groups is 1. The minimum atomic E-state index is -0.217. The topological polar surface area (TPSA) is 69.0 Å². The van der Waals surface area contributed by atoms with Crippen LogP contribution in [0, 0.1) is 20.8 Å². The van der Waals surface area contributed by atoms with Crippen molar-refractivity contribution in [3.05, 3.63) is 70.5 Å². The first kappa shape index (κ1) is 17.3. The van der Waals surface area contributed by atoms with Crippen molar-refractivity contribution in [2.75, 3.05) is 6.61 Å². The summed E-state index contributed by atoms with van der Waals surface area (Å²) in [6.45, 7) is 6.44. The zero-order valence-corrected chi connectivity index (χ0v) is 15.7. The molecule has 6 heteroatoms. The first-order valence-corrected chi connectivity index (χ1v) is 9.07. The Hall–Kier alpha value is -3.15. The second-order valence-electron chi connectivity index (χ2n) is 6.91. The Bertz CT molecular complexity index is 1010. The van der Waals surface area contributed by atoms with Crippen molar-refractivity contribution in [3.8, 4) is 11.4 Å². The molecule has 0 aliphatic carbocycles. The minimum Gasteiger partial charge on any atom is -0.493 e. The number of amides is 1. The summed E-state index contributed by atoms with van der Waals surface area (Å²) in [5.74, 6) is 0.606. The Morgan fingerprint density at radius 2 is 1.96 bits per heavy atom. The number of rotatable bonds is 3. The first-order chi connectivity index (χ1) is 13.0. The Morgan fingerprint density at radius 1 is 1.15 bits per heavy atom. The predicted octanol–water partition coefficient (Wildman–Crippen LogP) is 3.45. The van der Waals surface area contributed by atoms with Gasteiger partial charge in [0, 0.05) is 12.0 Å². The van der Waals surface area contributed by atoms with Crippen molar-refractivity contribution >= 4 is 5.91 Å². The highest BCUT2D eigenvalue weighted by Crippen LogP contribution is 2.31. The van der Waals surface area contributed by atoms with Crippen LogP contribution >= 0.6 is 0 Å². The third kappa shape index (κ3) is 3.30. The number of para-hydroxylation sites is 1. The number of aromatic nitrogens is 3. The molecule has 0 saturated carbocycles. The molecule has 4 rings (SSSR count). The number of benzene rings is 2. The predicted molar refractivity (Wildman–Crippen MR) is 102 cm³/mol. The Morgan fingerprint density at radius 3 is 2.78 bits per heavy atom. The summed E-state index contributed by atoms with van der Waals surface area (Å²) in [5.41, 5.74) is 5.06. The van der Waals surface area contributed by atoms with E-state index in [9.17, 15) is 4.79 Å². The van der Waals surface area contributed by atoms with Crippen molar-refractivity contribution in [3.63, 3.8) is 0 Å². The average Bonchev–Trinajstić information content (AvgIpc) is 3.03. The summed E-state index contributed by atoms with van der Waals surface area (Å²) in [6, 6.07) is 13.8. The van der Waals surface area contributed by atoms with Crippen LogP contribution < -0.4 is 10.1 Å². The summed E-state index contributed by atoms with van der Waals surface area (Å²) < 4.78 is 5.67. The van der Waals surface area contributed by atoms with Crippen LogP contribution in [0.1, 0.15) is 45.3 Å².